The van der Waals surface area contributed by atoms with Crippen LogP contribution in [0.2, 0.25) is 5.02 Å². The summed E-state index contributed by atoms with van der Waals surface area (Å²) in [5.74, 6) is 0.803. The summed E-state index contributed by atoms with van der Waals surface area (Å²) in [5, 5.41) is 6.12. The van der Waals surface area contributed by atoms with Crippen LogP contribution in [-0.2, 0) is 0 Å². The van der Waals surface area contributed by atoms with Crippen molar-refractivity contribution in [2.75, 3.05) is 17.2 Å². The minimum absolute atomic E-state index is 0.304. The molecule has 0 saturated carbocycles. The maximum atomic E-state index is 11.9. The van der Waals surface area contributed by atoms with Crippen molar-refractivity contribution in [3.63, 3.8) is 0 Å². The van der Waals surface area contributed by atoms with E-state index in [4.69, 9.17) is 16.3 Å². The van der Waals surface area contributed by atoms with Gasteiger partial charge in [0.15, 0.2) is 0 Å². The number of nitrogens with one attached hydrogen (secondary N) is 2. The predicted molar refractivity (Wildman–Crippen MR) is 90.9 cm³/mol. The van der Waals surface area contributed by atoms with Gasteiger partial charge in [-0.3, -0.25) is 0 Å². The summed E-state index contributed by atoms with van der Waals surface area (Å²) in [4.78, 5) is 11.9. The lowest BCUT2D eigenvalue weighted by atomic mass is 10.3. The molecule has 0 fully saturated rings. The molecule has 0 bridgehead atoms. The molecular weight excluding hydrogens is 300 g/mol. The maximum absolute atomic E-state index is 11.9. The highest BCUT2D eigenvalue weighted by Gasteiger charge is 2.03. The molecule has 2 aromatic carbocycles. The van der Waals surface area contributed by atoms with E-state index in [1.807, 2.05) is 24.3 Å². The van der Waals surface area contributed by atoms with Crippen molar-refractivity contribution in [3.8, 4) is 5.75 Å². The summed E-state index contributed by atoms with van der Waals surface area (Å²) in [6, 6.07) is 13.9. The number of carbonyl (C=O) groups excluding carboxylic acids is 1. The number of ether oxygens (including phenoxy) is 1. The third kappa shape index (κ3) is 5.30. The van der Waals surface area contributed by atoms with Gasteiger partial charge in [0.25, 0.3) is 0 Å². The monoisotopic (exact) mass is 318 g/mol. The summed E-state index contributed by atoms with van der Waals surface area (Å²) in [5.41, 5.74) is 1.38. The second-order valence-electron chi connectivity index (χ2n) is 4.81. The number of carbonyl (C=O) groups is 1. The Kier molecular flexibility index (Phi) is 6.10. The average molecular weight is 319 g/mol. The van der Waals surface area contributed by atoms with Gasteiger partial charge >= 0.3 is 6.03 Å². The maximum Gasteiger partial charge on any atom is 0.323 e. The van der Waals surface area contributed by atoms with Crippen molar-refractivity contribution < 1.29 is 9.53 Å². The van der Waals surface area contributed by atoms with Crippen molar-refractivity contribution in [2.24, 2.45) is 0 Å². The lowest BCUT2D eigenvalue weighted by molar-refractivity contribution is 0.262. The Balaban J connectivity index is 1.84. The molecule has 22 heavy (non-hydrogen) atoms. The van der Waals surface area contributed by atoms with E-state index in [1.165, 1.54) is 0 Å². The van der Waals surface area contributed by atoms with E-state index in [2.05, 4.69) is 17.6 Å². The van der Waals surface area contributed by atoms with Gasteiger partial charge in [0.05, 0.1) is 6.61 Å². The fourth-order valence-corrected chi connectivity index (χ4v) is 1.92. The quantitative estimate of drug-likeness (QED) is 0.722. The third-order valence-electron chi connectivity index (χ3n) is 2.98. The van der Waals surface area contributed by atoms with Crippen molar-refractivity contribution in [2.45, 2.75) is 19.8 Å². The number of anilines is 2. The molecule has 0 radical (unpaired) electrons. The molecule has 0 heterocycles. The molecule has 2 amide bonds. The third-order valence-corrected chi connectivity index (χ3v) is 3.23. The van der Waals surface area contributed by atoms with E-state index in [1.54, 1.807) is 24.3 Å². The number of hydrogen-bond acceptors (Lipinski definition) is 2. The Morgan fingerprint density at radius 2 is 1.55 bits per heavy atom. The van der Waals surface area contributed by atoms with Crippen LogP contribution >= 0.6 is 11.6 Å². The molecule has 5 heteroatoms. The second kappa shape index (κ2) is 8.29. The number of rotatable bonds is 6. The number of amides is 2. The first kappa shape index (κ1) is 16.2. The van der Waals surface area contributed by atoms with Crippen LogP contribution in [0.3, 0.4) is 0 Å². The normalized spacial score (nSPS) is 10.1. The van der Waals surface area contributed by atoms with E-state index in [9.17, 15) is 4.79 Å². The van der Waals surface area contributed by atoms with Crippen LogP contribution in [0, 0.1) is 0 Å². The van der Waals surface area contributed by atoms with Gasteiger partial charge in [-0.05, 0) is 55.0 Å². The average Bonchev–Trinajstić information content (AvgIpc) is 2.51. The van der Waals surface area contributed by atoms with Crippen LogP contribution in [0.25, 0.3) is 0 Å². The number of hydrogen-bond donors (Lipinski definition) is 2. The van der Waals surface area contributed by atoms with Gasteiger partial charge in [-0.1, -0.05) is 24.9 Å². The van der Waals surface area contributed by atoms with Gasteiger partial charge in [0.1, 0.15) is 5.75 Å². The molecule has 4 nitrogen and oxygen atoms in total. The molecule has 0 atom stereocenters. The van der Waals surface area contributed by atoms with Crippen molar-refractivity contribution in [1.82, 2.24) is 0 Å². The van der Waals surface area contributed by atoms with Gasteiger partial charge in [-0.15, -0.1) is 0 Å². The molecule has 0 saturated heterocycles. The van der Waals surface area contributed by atoms with Gasteiger partial charge in [-0.2, -0.15) is 0 Å². The number of unbranched alkanes of at least 4 members (excludes halogenated alkanes) is 1. The smallest absolute Gasteiger partial charge is 0.323 e. The minimum Gasteiger partial charge on any atom is -0.494 e. The highest BCUT2D eigenvalue weighted by atomic mass is 35.5. The zero-order chi connectivity index (χ0) is 15.8. The molecule has 2 aromatic rings. The fourth-order valence-electron chi connectivity index (χ4n) is 1.80. The van der Waals surface area contributed by atoms with Crippen LogP contribution in [0.5, 0.6) is 5.75 Å². The van der Waals surface area contributed by atoms with Crippen LogP contribution in [-0.4, -0.2) is 12.6 Å². The summed E-state index contributed by atoms with van der Waals surface area (Å²) >= 11 is 5.80. The highest BCUT2D eigenvalue weighted by Crippen LogP contribution is 2.17. The molecule has 2 N–H and O–H groups in total. The van der Waals surface area contributed by atoms with Gasteiger partial charge < -0.3 is 15.4 Å². The standard InChI is InChI=1S/C17H19ClN2O2/c1-2-3-12-22-16-10-8-15(9-11-16)20-17(21)19-14-6-4-13(18)5-7-14/h4-11H,2-3,12H2,1H3,(H2,19,20,21). The topological polar surface area (TPSA) is 50.4 Å². The van der Waals surface area contributed by atoms with E-state index >= 15 is 0 Å². The first-order chi connectivity index (χ1) is 10.7. The lowest BCUT2D eigenvalue weighted by Gasteiger charge is -2.09. The first-order valence-corrected chi connectivity index (χ1v) is 7.61. The zero-order valence-electron chi connectivity index (χ0n) is 12.4. The lowest BCUT2D eigenvalue weighted by Crippen LogP contribution is -2.19. The van der Waals surface area contributed by atoms with Gasteiger partial charge in [-0.25, -0.2) is 4.79 Å². The van der Waals surface area contributed by atoms with Crippen LogP contribution in [0.15, 0.2) is 48.5 Å². The van der Waals surface area contributed by atoms with Crippen LogP contribution in [0.1, 0.15) is 19.8 Å². The molecule has 0 aliphatic rings. The fraction of sp³-hybridized carbons (Fsp3) is 0.235. The van der Waals surface area contributed by atoms with E-state index in [0.717, 1.165) is 18.6 Å². The van der Waals surface area contributed by atoms with Crippen molar-refractivity contribution >= 4 is 29.0 Å². The number of benzene rings is 2. The summed E-state index contributed by atoms with van der Waals surface area (Å²) in [7, 11) is 0. The van der Waals surface area contributed by atoms with E-state index in [0.29, 0.717) is 23.0 Å². The molecule has 0 spiro atoms. The molecular formula is C17H19ClN2O2. The number of urea groups is 1. The molecule has 2 rings (SSSR count). The Labute approximate surface area is 135 Å². The van der Waals surface area contributed by atoms with Crippen molar-refractivity contribution in [1.29, 1.82) is 0 Å². The summed E-state index contributed by atoms with van der Waals surface area (Å²) < 4.78 is 5.57. The Morgan fingerprint density at radius 1 is 1.00 bits per heavy atom. The Hall–Kier alpha value is -2.20. The number of halogens is 1. The van der Waals surface area contributed by atoms with Crippen LogP contribution < -0.4 is 15.4 Å². The molecule has 116 valence electrons. The SMILES string of the molecule is CCCCOc1ccc(NC(=O)Nc2ccc(Cl)cc2)cc1. The van der Waals surface area contributed by atoms with E-state index in [-0.39, 0.29) is 6.03 Å². The molecule has 0 aliphatic carbocycles. The largest absolute Gasteiger partial charge is 0.494 e. The molecule has 0 aliphatic heterocycles. The summed E-state index contributed by atoms with van der Waals surface area (Å²) in [6.45, 7) is 2.83. The Bertz CT molecular complexity index is 597. The molecule has 0 unspecified atom stereocenters. The van der Waals surface area contributed by atoms with Gasteiger partial charge in [0, 0.05) is 16.4 Å². The highest BCUT2D eigenvalue weighted by molar-refractivity contribution is 6.30. The second-order valence-corrected chi connectivity index (χ2v) is 5.25. The van der Waals surface area contributed by atoms with E-state index < -0.39 is 0 Å². The zero-order valence-corrected chi connectivity index (χ0v) is 13.2. The molecule has 0 aromatic heterocycles. The summed E-state index contributed by atoms with van der Waals surface area (Å²) in [6.07, 6.45) is 2.13. The Morgan fingerprint density at radius 3 is 2.09 bits per heavy atom. The van der Waals surface area contributed by atoms with Gasteiger partial charge in [0.2, 0.25) is 0 Å². The minimum atomic E-state index is -0.304. The van der Waals surface area contributed by atoms with Crippen LogP contribution in [0.4, 0.5) is 16.2 Å². The first-order valence-electron chi connectivity index (χ1n) is 7.24. The van der Waals surface area contributed by atoms with Crippen molar-refractivity contribution in [3.05, 3.63) is 53.6 Å². The predicted octanol–water partition coefficient (Wildman–Crippen LogP) is 5.16.